The summed E-state index contributed by atoms with van der Waals surface area (Å²) >= 11 is 0. The van der Waals surface area contributed by atoms with E-state index in [1.807, 2.05) is 80.7 Å². The lowest BCUT2D eigenvalue weighted by atomic mass is 9.94. The van der Waals surface area contributed by atoms with E-state index >= 15 is 0 Å². The fourth-order valence-electron chi connectivity index (χ4n) is 4.69. The molecule has 1 N–H and O–H groups in total. The second kappa shape index (κ2) is 12.6. The molecule has 0 spiro atoms. The highest BCUT2D eigenvalue weighted by molar-refractivity contribution is 6.04. The van der Waals surface area contributed by atoms with Gasteiger partial charge in [-0.05, 0) is 35.1 Å². The Morgan fingerprint density at radius 1 is 0.927 bits per heavy atom. The number of benzene rings is 3. The Labute approximate surface area is 239 Å². The standard InChI is InChI=1S/C33H34N4O4/c1-5-27-31(32(37(4)35-27)34-33(38)28-16-17-41-36-28)26-18-25(22(2)3)29(39-20-23-12-8-6-9-13-23)19-30(26)40-21-24-14-10-7-11-15-24/h6-19,22H,5,20-21H2,1-4H3,(H,34,38). The lowest BCUT2D eigenvalue weighted by Crippen LogP contribution is -2.15. The molecule has 8 nitrogen and oxygen atoms in total. The van der Waals surface area contributed by atoms with Gasteiger partial charge in [0, 0.05) is 24.7 Å². The summed E-state index contributed by atoms with van der Waals surface area (Å²) in [6.45, 7) is 7.12. The molecular weight excluding hydrogens is 516 g/mol. The maximum absolute atomic E-state index is 13.0. The van der Waals surface area contributed by atoms with Crippen molar-refractivity contribution in [3.05, 3.63) is 113 Å². The highest BCUT2D eigenvalue weighted by atomic mass is 16.5. The van der Waals surface area contributed by atoms with E-state index in [4.69, 9.17) is 19.1 Å². The highest BCUT2D eigenvalue weighted by Crippen LogP contribution is 2.44. The van der Waals surface area contributed by atoms with E-state index in [0.717, 1.165) is 39.3 Å². The topological polar surface area (TPSA) is 91.4 Å². The first kappa shape index (κ1) is 27.7. The predicted molar refractivity (Wildman–Crippen MR) is 158 cm³/mol. The van der Waals surface area contributed by atoms with Crippen molar-refractivity contribution in [2.75, 3.05) is 5.32 Å². The Morgan fingerprint density at radius 2 is 1.56 bits per heavy atom. The van der Waals surface area contributed by atoms with Crippen LogP contribution in [0.4, 0.5) is 5.82 Å². The summed E-state index contributed by atoms with van der Waals surface area (Å²) in [5.74, 6) is 1.72. The van der Waals surface area contributed by atoms with Crippen LogP contribution in [-0.4, -0.2) is 20.8 Å². The molecule has 0 aliphatic heterocycles. The molecule has 2 aromatic heterocycles. The number of anilines is 1. The number of hydrogen-bond donors (Lipinski definition) is 1. The van der Waals surface area contributed by atoms with Gasteiger partial charge >= 0.3 is 0 Å². The number of nitrogens with one attached hydrogen (secondary N) is 1. The Morgan fingerprint density at radius 3 is 2.12 bits per heavy atom. The molecule has 5 aromatic rings. The molecule has 0 aliphatic carbocycles. The molecule has 0 fully saturated rings. The van der Waals surface area contributed by atoms with Crippen molar-refractivity contribution in [3.63, 3.8) is 0 Å². The van der Waals surface area contributed by atoms with Gasteiger partial charge in [-0.2, -0.15) is 5.10 Å². The monoisotopic (exact) mass is 550 g/mol. The van der Waals surface area contributed by atoms with E-state index in [9.17, 15) is 4.79 Å². The molecule has 0 atom stereocenters. The number of hydrogen-bond acceptors (Lipinski definition) is 6. The molecule has 0 aliphatic rings. The molecule has 0 unspecified atom stereocenters. The van der Waals surface area contributed by atoms with Crippen LogP contribution < -0.4 is 14.8 Å². The van der Waals surface area contributed by atoms with Crippen molar-refractivity contribution in [2.45, 2.75) is 46.3 Å². The molecule has 1 amide bonds. The summed E-state index contributed by atoms with van der Waals surface area (Å²) in [6, 6.07) is 25.7. The number of nitrogens with zero attached hydrogens (tertiary/aromatic N) is 3. The van der Waals surface area contributed by atoms with E-state index in [1.165, 1.54) is 12.3 Å². The lowest BCUT2D eigenvalue weighted by Gasteiger charge is -2.20. The number of carbonyl (C=O) groups is 1. The Hall–Kier alpha value is -4.85. The third-order valence-corrected chi connectivity index (χ3v) is 6.83. The largest absolute Gasteiger partial charge is 0.488 e. The second-order valence-corrected chi connectivity index (χ2v) is 10.1. The van der Waals surface area contributed by atoms with Gasteiger partial charge in [0.25, 0.3) is 5.91 Å². The van der Waals surface area contributed by atoms with Gasteiger partial charge in [-0.1, -0.05) is 86.6 Å². The van der Waals surface area contributed by atoms with Gasteiger partial charge < -0.3 is 19.3 Å². The maximum atomic E-state index is 13.0. The lowest BCUT2D eigenvalue weighted by molar-refractivity contribution is 0.101. The van der Waals surface area contributed by atoms with Crippen molar-refractivity contribution >= 4 is 11.7 Å². The number of aromatic nitrogens is 3. The fraction of sp³-hybridized carbons (Fsp3) is 0.242. The number of carbonyl (C=O) groups excluding carboxylic acids is 1. The van der Waals surface area contributed by atoms with Crippen LogP contribution in [0.5, 0.6) is 11.5 Å². The van der Waals surface area contributed by atoms with Gasteiger partial charge in [0.15, 0.2) is 5.69 Å². The first-order valence-corrected chi connectivity index (χ1v) is 13.7. The Kier molecular flexibility index (Phi) is 8.48. The molecule has 3 aromatic carbocycles. The van der Waals surface area contributed by atoms with Crippen molar-refractivity contribution < 1.29 is 18.8 Å². The van der Waals surface area contributed by atoms with Gasteiger partial charge in [-0.25, -0.2) is 0 Å². The van der Waals surface area contributed by atoms with E-state index in [2.05, 4.69) is 30.4 Å². The Balaban J connectivity index is 1.61. The average molecular weight is 551 g/mol. The Bertz CT molecular complexity index is 1590. The molecule has 0 saturated carbocycles. The van der Waals surface area contributed by atoms with Crippen molar-refractivity contribution in [2.24, 2.45) is 7.05 Å². The molecule has 210 valence electrons. The molecule has 2 heterocycles. The normalized spacial score (nSPS) is 11.0. The molecule has 5 rings (SSSR count). The summed E-state index contributed by atoms with van der Waals surface area (Å²) in [7, 11) is 1.81. The van der Waals surface area contributed by atoms with E-state index in [0.29, 0.717) is 31.2 Å². The minimum absolute atomic E-state index is 0.164. The summed E-state index contributed by atoms with van der Waals surface area (Å²) in [6.07, 6.45) is 2.03. The third kappa shape index (κ3) is 6.32. The zero-order chi connectivity index (χ0) is 28.8. The third-order valence-electron chi connectivity index (χ3n) is 6.83. The predicted octanol–water partition coefficient (Wildman–Crippen LogP) is 7.17. The molecule has 0 radical (unpaired) electrons. The van der Waals surface area contributed by atoms with Crippen LogP contribution in [0.15, 0.2) is 89.6 Å². The smallest absolute Gasteiger partial charge is 0.279 e. The van der Waals surface area contributed by atoms with Crippen molar-refractivity contribution in [1.29, 1.82) is 0 Å². The summed E-state index contributed by atoms with van der Waals surface area (Å²) in [5.41, 5.74) is 5.80. The number of aryl methyl sites for hydroxylation is 2. The molecular formula is C33H34N4O4. The van der Waals surface area contributed by atoms with Crippen LogP contribution in [0.3, 0.4) is 0 Å². The summed E-state index contributed by atoms with van der Waals surface area (Å²) < 4.78 is 19.4. The van der Waals surface area contributed by atoms with Crippen molar-refractivity contribution in [1.82, 2.24) is 14.9 Å². The second-order valence-electron chi connectivity index (χ2n) is 10.1. The van der Waals surface area contributed by atoms with Crippen LogP contribution in [0, 0.1) is 0 Å². The van der Waals surface area contributed by atoms with Crippen LogP contribution in [0.2, 0.25) is 0 Å². The van der Waals surface area contributed by atoms with Gasteiger partial charge in [-0.3, -0.25) is 9.48 Å². The minimum Gasteiger partial charge on any atom is -0.488 e. The molecule has 0 bridgehead atoms. The maximum Gasteiger partial charge on any atom is 0.279 e. The van der Waals surface area contributed by atoms with Gasteiger partial charge in [0.1, 0.15) is 36.8 Å². The van der Waals surface area contributed by atoms with Crippen molar-refractivity contribution in [3.8, 4) is 22.6 Å². The van der Waals surface area contributed by atoms with Crippen LogP contribution in [0.25, 0.3) is 11.1 Å². The van der Waals surface area contributed by atoms with Gasteiger partial charge in [0.05, 0.1) is 11.3 Å². The van der Waals surface area contributed by atoms with E-state index in [-0.39, 0.29) is 17.5 Å². The SMILES string of the molecule is CCc1nn(C)c(NC(=O)c2ccon2)c1-c1cc(C(C)C)c(OCc2ccccc2)cc1OCc1ccccc1. The number of amides is 1. The molecule has 41 heavy (non-hydrogen) atoms. The quantitative estimate of drug-likeness (QED) is 0.187. The van der Waals surface area contributed by atoms with Gasteiger partial charge in [0.2, 0.25) is 0 Å². The highest BCUT2D eigenvalue weighted by Gasteiger charge is 2.25. The fourth-order valence-corrected chi connectivity index (χ4v) is 4.69. The number of ether oxygens (including phenoxy) is 2. The summed E-state index contributed by atoms with van der Waals surface area (Å²) in [5, 5.41) is 11.5. The van der Waals surface area contributed by atoms with E-state index in [1.54, 1.807) is 4.68 Å². The molecule has 0 saturated heterocycles. The van der Waals surface area contributed by atoms with Gasteiger partial charge in [-0.15, -0.1) is 0 Å². The summed E-state index contributed by atoms with van der Waals surface area (Å²) in [4.78, 5) is 13.0. The molecule has 8 heteroatoms. The van der Waals surface area contributed by atoms with Crippen LogP contribution >= 0.6 is 0 Å². The van der Waals surface area contributed by atoms with E-state index < -0.39 is 0 Å². The van der Waals surface area contributed by atoms with Crippen LogP contribution in [-0.2, 0) is 26.7 Å². The first-order valence-electron chi connectivity index (χ1n) is 13.7. The van der Waals surface area contributed by atoms with Crippen LogP contribution in [0.1, 0.15) is 59.6 Å². The minimum atomic E-state index is -0.385. The first-order chi connectivity index (χ1) is 19.9. The average Bonchev–Trinajstić information content (AvgIpc) is 3.64. The zero-order valence-corrected chi connectivity index (χ0v) is 23.8. The number of rotatable bonds is 11. The zero-order valence-electron chi connectivity index (χ0n) is 23.8.